The molecule has 0 aliphatic carbocycles. The molecule has 6 aromatic carbocycles. The summed E-state index contributed by atoms with van der Waals surface area (Å²) in [5.41, 5.74) is 5.84. The van der Waals surface area contributed by atoms with E-state index < -0.39 is 11.2 Å². The molecule has 2 N–H and O–H groups in total. The number of hydrogen-bond acceptors (Lipinski definition) is 4. The SMILES string of the molecule is CCCC[N+]1(CCCC)Cc2c(C(O)(c3ccccc3)c3ccccc3)ccc(OCC)c2-c2c(OCC)ccc(C(O)(c3ccccc3)c3ccccc3)c2C1.[Br-]. The molecule has 0 saturated carbocycles. The van der Waals surface area contributed by atoms with E-state index in [0.29, 0.717) is 26.3 Å². The Morgan fingerprint density at radius 3 is 1.05 bits per heavy atom. The summed E-state index contributed by atoms with van der Waals surface area (Å²) >= 11 is 0. The number of benzene rings is 6. The van der Waals surface area contributed by atoms with Crippen molar-refractivity contribution in [3.05, 3.63) is 190 Å². The first-order chi connectivity index (χ1) is 27.8. The Hall–Kier alpha value is -4.72. The molecule has 58 heavy (non-hydrogen) atoms. The molecule has 1 heterocycles. The summed E-state index contributed by atoms with van der Waals surface area (Å²) in [4.78, 5) is 0. The second kappa shape index (κ2) is 18.9. The number of ether oxygens (including phenoxy) is 2. The van der Waals surface area contributed by atoms with Crippen molar-refractivity contribution in [3.8, 4) is 22.6 Å². The maximum absolute atomic E-state index is 13.6. The number of hydrogen-bond donors (Lipinski definition) is 2. The van der Waals surface area contributed by atoms with Gasteiger partial charge in [0, 0.05) is 33.4 Å². The summed E-state index contributed by atoms with van der Waals surface area (Å²) in [7, 11) is 0. The van der Waals surface area contributed by atoms with Gasteiger partial charge in [-0.25, -0.2) is 0 Å². The summed E-state index contributed by atoms with van der Waals surface area (Å²) < 4.78 is 14.1. The Morgan fingerprint density at radius 2 is 0.776 bits per heavy atom. The predicted octanol–water partition coefficient (Wildman–Crippen LogP) is 8.15. The molecule has 0 unspecified atom stereocenters. The number of rotatable bonds is 16. The number of aliphatic hydroxyl groups is 2. The van der Waals surface area contributed by atoms with Gasteiger partial charge < -0.3 is 41.2 Å². The molecule has 0 saturated heterocycles. The van der Waals surface area contributed by atoms with Crippen LogP contribution in [0.3, 0.4) is 0 Å². The lowest BCUT2D eigenvalue weighted by Gasteiger charge is -2.41. The standard InChI is InChI=1S/C52H58NO4.BrH/c1-5-9-35-53(36-10-6-2)37-43-45(51(54,39-23-15-11-16-24-39)40-25-17-12-18-26-40)31-33-47(56-7-3)49(43)50-44(38-53)46(32-34-48(50)57-8-4)52(55,41-27-19-13-20-28-41)42-29-21-14-22-30-42;/h11-34,54-55H,5-10,35-38H2,1-4H3;1H/q+1;/p-1. The third-order valence-corrected chi connectivity index (χ3v) is 11.9. The smallest absolute Gasteiger partial charge is 0.141 e. The van der Waals surface area contributed by atoms with Crippen LogP contribution in [-0.4, -0.2) is 41.0 Å². The molecule has 5 nitrogen and oxygen atoms in total. The Bertz CT molecular complexity index is 1990. The van der Waals surface area contributed by atoms with Crippen LogP contribution in [0.4, 0.5) is 0 Å². The van der Waals surface area contributed by atoms with Crippen molar-refractivity contribution >= 4 is 0 Å². The Morgan fingerprint density at radius 1 is 0.466 bits per heavy atom. The number of fused-ring (bicyclic) bond motifs is 3. The third-order valence-electron chi connectivity index (χ3n) is 11.9. The van der Waals surface area contributed by atoms with Gasteiger partial charge in [0.2, 0.25) is 0 Å². The van der Waals surface area contributed by atoms with E-state index in [4.69, 9.17) is 9.47 Å². The molecule has 1 aliphatic heterocycles. The van der Waals surface area contributed by atoms with Gasteiger partial charge in [-0.05, 0) is 61.1 Å². The van der Waals surface area contributed by atoms with E-state index in [1.54, 1.807) is 0 Å². The van der Waals surface area contributed by atoms with Crippen molar-refractivity contribution in [2.24, 2.45) is 0 Å². The quantitative estimate of drug-likeness (QED) is 0.0764. The molecular weight excluding hydrogens is 782 g/mol. The molecule has 6 heteroatoms. The van der Waals surface area contributed by atoms with Gasteiger partial charge in [0.15, 0.2) is 0 Å². The van der Waals surface area contributed by atoms with Gasteiger partial charge in [-0.2, -0.15) is 0 Å². The first kappa shape index (κ1) is 42.9. The van der Waals surface area contributed by atoms with Crippen LogP contribution in [0.15, 0.2) is 146 Å². The van der Waals surface area contributed by atoms with Crippen LogP contribution in [0.25, 0.3) is 11.1 Å². The summed E-state index contributed by atoms with van der Waals surface area (Å²) in [5.74, 6) is 1.49. The fourth-order valence-corrected chi connectivity index (χ4v) is 9.17. The number of quaternary nitrogens is 1. The molecule has 1 aliphatic rings. The largest absolute Gasteiger partial charge is 1.00 e. The molecule has 0 aromatic heterocycles. The lowest BCUT2D eigenvalue weighted by atomic mass is 9.74. The van der Waals surface area contributed by atoms with Crippen LogP contribution in [0, 0.1) is 0 Å². The topological polar surface area (TPSA) is 58.9 Å². The minimum atomic E-state index is -1.48. The highest BCUT2D eigenvalue weighted by Gasteiger charge is 2.46. The highest BCUT2D eigenvalue weighted by atomic mass is 79.9. The normalized spacial score (nSPS) is 13.4. The lowest BCUT2D eigenvalue weighted by molar-refractivity contribution is -0.953. The zero-order chi connectivity index (χ0) is 39.9. The van der Waals surface area contributed by atoms with Gasteiger partial charge in [-0.3, -0.25) is 0 Å². The van der Waals surface area contributed by atoms with E-state index in [2.05, 4.69) is 26.0 Å². The molecule has 0 bridgehead atoms. The van der Waals surface area contributed by atoms with E-state index in [1.165, 1.54) is 0 Å². The van der Waals surface area contributed by atoms with Gasteiger partial charge in [0.05, 0.1) is 26.3 Å². The van der Waals surface area contributed by atoms with Crippen LogP contribution in [0.5, 0.6) is 11.5 Å². The fourth-order valence-electron chi connectivity index (χ4n) is 9.17. The lowest BCUT2D eigenvalue weighted by Crippen LogP contribution is -3.00. The molecule has 0 spiro atoms. The van der Waals surface area contributed by atoms with Crippen molar-refractivity contribution in [2.45, 2.75) is 77.7 Å². The van der Waals surface area contributed by atoms with E-state index in [1.807, 2.05) is 147 Å². The third kappa shape index (κ3) is 8.00. The molecule has 0 atom stereocenters. The van der Waals surface area contributed by atoms with Crippen molar-refractivity contribution in [2.75, 3.05) is 26.3 Å². The van der Waals surface area contributed by atoms with Gasteiger partial charge in [-0.1, -0.05) is 160 Å². The van der Waals surface area contributed by atoms with Crippen molar-refractivity contribution < 1.29 is 41.2 Å². The minimum Gasteiger partial charge on any atom is -1.00 e. The van der Waals surface area contributed by atoms with Crippen molar-refractivity contribution in [1.82, 2.24) is 0 Å². The summed E-state index contributed by atoms with van der Waals surface area (Å²) in [6.07, 6.45) is 4.19. The molecule has 0 amide bonds. The monoisotopic (exact) mass is 839 g/mol. The van der Waals surface area contributed by atoms with Crippen LogP contribution in [-0.2, 0) is 24.3 Å². The Labute approximate surface area is 356 Å². The second-order valence-corrected chi connectivity index (χ2v) is 15.5. The van der Waals surface area contributed by atoms with Crippen molar-refractivity contribution in [1.29, 1.82) is 0 Å². The maximum Gasteiger partial charge on any atom is 0.141 e. The zero-order valence-electron chi connectivity index (χ0n) is 34.5. The van der Waals surface area contributed by atoms with E-state index in [-0.39, 0.29) is 17.0 Å². The molecule has 302 valence electrons. The zero-order valence-corrected chi connectivity index (χ0v) is 36.0. The summed E-state index contributed by atoms with van der Waals surface area (Å²) in [6, 6.07) is 48.5. The summed E-state index contributed by atoms with van der Waals surface area (Å²) in [5, 5.41) is 27.2. The highest BCUT2D eigenvalue weighted by molar-refractivity contribution is 5.85. The van der Waals surface area contributed by atoms with Crippen LogP contribution >= 0.6 is 0 Å². The van der Waals surface area contributed by atoms with Gasteiger partial charge in [0.1, 0.15) is 35.8 Å². The van der Waals surface area contributed by atoms with Gasteiger partial charge in [0.25, 0.3) is 0 Å². The van der Waals surface area contributed by atoms with E-state index in [9.17, 15) is 10.2 Å². The summed E-state index contributed by atoms with van der Waals surface area (Å²) in [6.45, 7) is 12.7. The van der Waals surface area contributed by atoms with Gasteiger partial charge in [-0.15, -0.1) is 0 Å². The second-order valence-electron chi connectivity index (χ2n) is 15.5. The van der Waals surface area contributed by atoms with E-state index in [0.717, 1.165) is 110 Å². The molecule has 0 fully saturated rings. The van der Waals surface area contributed by atoms with Gasteiger partial charge >= 0.3 is 0 Å². The predicted molar refractivity (Wildman–Crippen MR) is 231 cm³/mol. The van der Waals surface area contributed by atoms with E-state index >= 15 is 0 Å². The van der Waals surface area contributed by atoms with Crippen LogP contribution in [0.2, 0.25) is 0 Å². The Balaban J connectivity index is 0.00000567. The average Bonchev–Trinajstić information content (AvgIpc) is 3.42. The highest BCUT2D eigenvalue weighted by Crippen LogP contribution is 2.53. The maximum atomic E-state index is 13.6. The number of halogens is 1. The molecule has 0 radical (unpaired) electrons. The Kier molecular flexibility index (Phi) is 14.0. The fraction of sp³-hybridized carbons (Fsp3) is 0.308. The number of nitrogens with zero attached hydrogens (tertiary/aromatic N) is 1. The van der Waals surface area contributed by atoms with Crippen LogP contribution < -0.4 is 26.5 Å². The first-order valence-corrected chi connectivity index (χ1v) is 20.9. The first-order valence-electron chi connectivity index (χ1n) is 20.9. The molecular formula is C52H58BrNO4. The van der Waals surface area contributed by atoms with Crippen molar-refractivity contribution in [3.63, 3.8) is 0 Å². The van der Waals surface area contributed by atoms with Crippen LogP contribution in [0.1, 0.15) is 97.9 Å². The number of unbranched alkanes of at least 4 members (excludes halogenated alkanes) is 2. The minimum absolute atomic E-state index is 0. The average molecular weight is 841 g/mol. The molecule has 7 rings (SSSR count). The molecule has 6 aromatic rings.